The summed E-state index contributed by atoms with van der Waals surface area (Å²) in [5.74, 6) is -0.00491. The van der Waals surface area contributed by atoms with E-state index in [0.29, 0.717) is 48.5 Å². The van der Waals surface area contributed by atoms with Gasteiger partial charge < -0.3 is 19.6 Å². The Morgan fingerprint density at radius 3 is 2.42 bits per heavy atom. The predicted molar refractivity (Wildman–Crippen MR) is 136 cm³/mol. The summed E-state index contributed by atoms with van der Waals surface area (Å²) in [6.45, 7) is 1.39. The summed E-state index contributed by atoms with van der Waals surface area (Å²) in [7, 11) is 4.00. The van der Waals surface area contributed by atoms with Crippen LogP contribution in [-0.2, 0) is 19.4 Å². The zero-order chi connectivity index (χ0) is 25.2. The molecule has 0 radical (unpaired) electrons. The summed E-state index contributed by atoms with van der Waals surface area (Å²) in [4.78, 5) is 45.2. The first-order chi connectivity index (χ1) is 17.4. The molecule has 1 aliphatic rings. The Hall–Kier alpha value is -4.17. The number of aromatic nitrogens is 1. The number of furan rings is 1. The first kappa shape index (κ1) is 23.6. The molecule has 0 saturated heterocycles. The van der Waals surface area contributed by atoms with E-state index in [4.69, 9.17) is 4.42 Å². The average molecular weight is 485 g/mol. The second-order valence-corrected chi connectivity index (χ2v) is 9.23. The lowest BCUT2D eigenvalue weighted by Crippen LogP contribution is -2.31. The van der Waals surface area contributed by atoms with Gasteiger partial charge in [0.15, 0.2) is 0 Å². The number of benzene rings is 2. The molecule has 4 aromatic rings. The lowest BCUT2D eigenvalue weighted by Gasteiger charge is -2.14. The van der Waals surface area contributed by atoms with Crippen molar-refractivity contribution in [3.05, 3.63) is 94.6 Å². The van der Waals surface area contributed by atoms with Crippen LogP contribution in [0.25, 0.3) is 10.9 Å². The standard InChI is InChI=1S/C28H28N4O4/c1-31(2)13-12-20-23-16-18(11-14-32-27(34)21-7-3-4-8-22(21)28(32)35)9-10-24(23)30-25(20)26(33)29-17-19-6-5-15-36-19/h3-10,15-16,30H,11-14,17H2,1-2H3,(H,29,33). The van der Waals surface area contributed by atoms with E-state index >= 15 is 0 Å². The zero-order valence-electron chi connectivity index (χ0n) is 20.3. The van der Waals surface area contributed by atoms with Crippen molar-refractivity contribution < 1.29 is 18.8 Å². The normalized spacial score (nSPS) is 13.1. The van der Waals surface area contributed by atoms with E-state index in [1.165, 1.54) is 4.90 Å². The molecular weight excluding hydrogens is 456 g/mol. The molecule has 0 fully saturated rings. The largest absolute Gasteiger partial charge is 0.467 e. The highest BCUT2D eigenvalue weighted by molar-refractivity contribution is 6.21. The summed E-state index contributed by atoms with van der Waals surface area (Å²) < 4.78 is 5.32. The van der Waals surface area contributed by atoms with Gasteiger partial charge in [-0.1, -0.05) is 18.2 Å². The van der Waals surface area contributed by atoms with Crippen LogP contribution in [0, 0.1) is 0 Å². The molecule has 0 aliphatic carbocycles. The van der Waals surface area contributed by atoms with Crippen molar-refractivity contribution in [3.63, 3.8) is 0 Å². The quantitative estimate of drug-likeness (QED) is 0.354. The van der Waals surface area contributed by atoms with Crippen LogP contribution in [0.15, 0.2) is 65.3 Å². The number of H-pyrrole nitrogens is 1. The fourth-order valence-corrected chi connectivity index (χ4v) is 4.59. The van der Waals surface area contributed by atoms with Gasteiger partial charge in [-0.15, -0.1) is 0 Å². The number of fused-ring (bicyclic) bond motifs is 2. The van der Waals surface area contributed by atoms with Crippen LogP contribution in [0.1, 0.15) is 48.1 Å². The van der Waals surface area contributed by atoms with Gasteiger partial charge in [-0.25, -0.2) is 0 Å². The minimum Gasteiger partial charge on any atom is -0.467 e. The van der Waals surface area contributed by atoms with Gasteiger partial charge in [-0.05, 0) is 74.5 Å². The number of imide groups is 1. The van der Waals surface area contributed by atoms with Crippen LogP contribution in [0.5, 0.6) is 0 Å². The molecule has 1 aliphatic heterocycles. The van der Waals surface area contributed by atoms with Crippen LogP contribution < -0.4 is 5.32 Å². The van der Waals surface area contributed by atoms with Crippen molar-refractivity contribution in [1.82, 2.24) is 20.1 Å². The highest BCUT2D eigenvalue weighted by Gasteiger charge is 2.34. The van der Waals surface area contributed by atoms with Gasteiger partial charge in [0.25, 0.3) is 17.7 Å². The third-order valence-corrected chi connectivity index (χ3v) is 6.51. The zero-order valence-corrected chi connectivity index (χ0v) is 20.3. The van der Waals surface area contributed by atoms with Crippen molar-refractivity contribution in [2.45, 2.75) is 19.4 Å². The molecule has 184 valence electrons. The fourth-order valence-electron chi connectivity index (χ4n) is 4.59. The van der Waals surface area contributed by atoms with Crippen molar-refractivity contribution in [3.8, 4) is 0 Å². The van der Waals surface area contributed by atoms with E-state index in [2.05, 4.69) is 21.3 Å². The van der Waals surface area contributed by atoms with Gasteiger partial charge in [-0.3, -0.25) is 19.3 Å². The Morgan fingerprint density at radius 1 is 1.00 bits per heavy atom. The molecule has 0 spiro atoms. The molecule has 36 heavy (non-hydrogen) atoms. The third-order valence-electron chi connectivity index (χ3n) is 6.51. The Kier molecular flexibility index (Phi) is 6.43. The number of aromatic amines is 1. The topological polar surface area (TPSA) is 98.7 Å². The molecule has 2 aromatic carbocycles. The molecule has 3 heterocycles. The lowest BCUT2D eigenvalue weighted by molar-refractivity contribution is 0.0655. The third kappa shape index (κ3) is 4.55. The van der Waals surface area contributed by atoms with Crippen molar-refractivity contribution in [2.24, 2.45) is 0 Å². The first-order valence-electron chi connectivity index (χ1n) is 12.0. The van der Waals surface area contributed by atoms with E-state index in [9.17, 15) is 14.4 Å². The van der Waals surface area contributed by atoms with Crippen molar-refractivity contribution in [1.29, 1.82) is 0 Å². The number of likely N-dealkylation sites (N-methyl/N-ethyl adjacent to an activating group) is 1. The molecule has 0 bridgehead atoms. The van der Waals surface area contributed by atoms with Crippen molar-refractivity contribution in [2.75, 3.05) is 27.2 Å². The van der Waals surface area contributed by atoms with Gasteiger partial charge in [0, 0.05) is 24.0 Å². The molecule has 5 rings (SSSR count). The number of hydrogen-bond acceptors (Lipinski definition) is 5. The van der Waals surface area contributed by atoms with Crippen LogP contribution >= 0.6 is 0 Å². The maximum absolute atomic E-state index is 13.1. The summed E-state index contributed by atoms with van der Waals surface area (Å²) in [6.07, 6.45) is 2.80. The molecule has 2 aromatic heterocycles. The Bertz CT molecular complexity index is 1400. The van der Waals surface area contributed by atoms with Crippen LogP contribution in [0.3, 0.4) is 0 Å². The molecule has 8 nitrogen and oxygen atoms in total. The van der Waals surface area contributed by atoms with Gasteiger partial charge >= 0.3 is 0 Å². The first-order valence-corrected chi connectivity index (χ1v) is 12.0. The summed E-state index contributed by atoms with van der Waals surface area (Å²) in [5.41, 5.74) is 4.26. The molecule has 0 atom stereocenters. The molecule has 8 heteroatoms. The molecule has 2 N–H and O–H groups in total. The molecule has 0 unspecified atom stereocenters. The Balaban J connectivity index is 1.37. The van der Waals surface area contributed by atoms with E-state index in [1.54, 1.807) is 36.6 Å². The number of rotatable bonds is 9. The number of amides is 3. The maximum atomic E-state index is 13.1. The fraction of sp³-hybridized carbons (Fsp3) is 0.250. The number of carbonyl (C=O) groups excluding carboxylic acids is 3. The van der Waals surface area contributed by atoms with Gasteiger partial charge in [0.05, 0.1) is 23.9 Å². The van der Waals surface area contributed by atoms with Crippen molar-refractivity contribution >= 4 is 28.6 Å². The SMILES string of the molecule is CN(C)CCc1c(C(=O)NCc2ccco2)[nH]c2ccc(CCN3C(=O)c4ccccc4C3=O)cc12. The predicted octanol–water partition coefficient (Wildman–Crippen LogP) is 3.63. The van der Waals surface area contributed by atoms with Gasteiger partial charge in [0.1, 0.15) is 11.5 Å². The molecule has 3 amide bonds. The second kappa shape index (κ2) is 9.83. The van der Waals surface area contributed by atoms with Crippen LogP contribution in [-0.4, -0.2) is 59.7 Å². The number of nitrogens with one attached hydrogen (secondary N) is 2. The summed E-state index contributed by atoms with van der Waals surface area (Å²) in [6, 6.07) is 16.5. The monoisotopic (exact) mass is 484 g/mol. The molecule has 0 saturated carbocycles. The number of carbonyl (C=O) groups is 3. The van der Waals surface area contributed by atoms with Gasteiger partial charge in [-0.2, -0.15) is 0 Å². The minimum absolute atomic E-state index is 0.191. The van der Waals surface area contributed by atoms with E-state index in [0.717, 1.165) is 28.6 Å². The summed E-state index contributed by atoms with van der Waals surface area (Å²) in [5, 5.41) is 3.90. The highest BCUT2D eigenvalue weighted by atomic mass is 16.3. The maximum Gasteiger partial charge on any atom is 0.268 e. The smallest absolute Gasteiger partial charge is 0.268 e. The average Bonchev–Trinajstić information content (AvgIpc) is 3.58. The Labute approximate surface area is 208 Å². The highest BCUT2D eigenvalue weighted by Crippen LogP contribution is 2.27. The minimum atomic E-state index is -0.250. The van der Waals surface area contributed by atoms with E-state index < -0.39 is 0 Å². The summed E-state index contributed by atoms with van der Waals surface area (Å²) >= 11 is 0. The molecular formula is C28H28N4O4. The van der Waals surface area contributed by atoms with Crippen LogP contribution in [0.2, 0.25) is 0 Å². The van der Waals surface area contributed by atoms with Gasteiger partial charge in [0.2, 0.25) is 0 Å². The van der Waals surface area contributed by atoms with Crippen LogP contribution in [0.4, 0.5) is 0 Å². The Morgan fingerprint density at radius 2 is 1.75 bits per heavy atom. The lowest BCUT2D eigenvalue weighted by atomic mass is 10.0. The number of hydrogen-bond donors (Lipinski definition) is 2. The van der Waals surface area contributed by atoms with E-state index in [1.807, 2.05) is 32.3 Å². The number of nitrogens with zero attached hydrogens (tertiary/aromatic N) is 2. The second-order valence-electron chi connectivity index (χ2n) is 9.23. The van der Waals surface area contributed by atoms with E-state index in [-0.39, 0.29) is 17.7 Å².